The monoisotopic (exact) mass is 298 g/mol. The van der Waals surface area contributed by atoms with Gasteiger partial charge in [0.15, 0.2) is 0 Å². The molecule has 17 heavy (non-hydrogen) atoms. The summed E-state index contributed by atoms with van der Waals surface area (Å²) < 4.78 is 14.0. The molecule has 3 rings (SSSR count). The fraction of sp³-hybridized carbons (Fsp3) is 0.417. The van der Waals surface area contributed by atoms with Crippen LogP contribution in [0.3, 0.4) is 0 Å². The van der Waals surface area contributed by atoms with Gasteiger partial charge in [0.05, 0.1) is 10.0 Å². The van der Waals surface area contributed by atoms with Crippen molar-refractivity contribution >= 4 is 21.8 Å². The maximum absolute atomic E-state index is 13.7. The summed E-state index contributed by atoms with van der Waals surface area (Å²) >= 11 is 3.08. The third kappa shape index (κ3) is 1.87. The molecule has 0 bridgehead atoms. The van der Waals surface area contributed by atoms with Crippen LogP contribution in [-0.4, -0.2) is 25.0 Å². The molecule has 1 saturated carbocycles. The Labute approximate surface area is 107 Å². The predicted molar refractivity (Wildman–Crippen MR) is 65.2 cm³/mol. The van der Waals surface area contributed by atoms with Gasteiger partial charge in [-0.3, -0.25) is 4.79 Å². The Hall–Kier alpha value is -0.940. The molecule has 5 heteroatoms. The average molecular weight is 299 g/mol. The lowest BCUT2D eigenvalue weighted by atomic mass is 10.2. The molecule has 1 aromatic rings. The van der Waals surface area contributed by atoms with E-state index >= 15 is 0 Å². The molecule has 1 saturated heterocycles. The van der Waals surface area contributed by atoms with E-state index in [4.69, 9.17) is 0 Å². The molecule has 1 heterocycles. The Morgan fingerprint density at radius 2 is 2.12 bits per heavy atom. The van der Waals surface area contributed by atoms with Crippen molar-refractivity contribution in [1.82, 2.24) is 10.6 Å². The highest BCUT2D eigenvalue weighted by molar-refractivity contribution is 9.10. The van der Waals surface area contributed by atoms with E-state index in [-0.39, 0.29) is 17.5 Å². The van der Waals surface area contributed by atoms with E-state index in [1.54, 1.807) is 12.1 Å². The topological polar surface area (TPSA) is 41.1 Å². The summed E-state index contributed by atoms with van der Waals surface area (Å²) in [5.74, 6) is 0.264. The first-order valence-corrected chi connectivity index (χ1v) is 6.43. The third-order valence-corrected chi connectivity index (χ3v) is 4.20. The molecular weight excluding hydrogens is 287 g/mol. The Bertz CT molecular complexity index is 470. The molecule has 90 valence electrons. The van der Waals surface area contributed by atoms with Crippen LogP contribution in [0.15, 0.2) is 22.7 Å². The van der Waals surface area contributed by atoms with Crippen molar-refractivity contribution in [2.45, 2.75) is 6.04 Å². The van der Waals surface area contributed by atoms with Gasteiger partial charge < -0.3 is 10.6 Å². The number of hydrogen-bond donors (Lipinski definition) is 2. The zero-order valence-electron chi connectivity index (χ0n) is 9.04. The van der Waals surface area contributed by atoms with Crippen molar-refractivity contribution in [2.24, 2.45) is 11.8 Å². The van der Waals surface area contributed by atoms with Gasteiger partial charge in [-0.25, -0.2) is 4.39 Å². The van der Waals surface area contributed by atoms with E-state index in [2.05, 4.69) is 26.6 Å². The van der Waals surface area contributed by atoms with Gasteiger partial charge in [-0.1, -0.05) is 6.07 Å². The number of carbonyl (C=O) groups excluding carboxylic acids is 1. The Morgan fingerprint density at radius 3 is 2.82 bits per heavy atom. The van der Waals surface area contributed by atoms with Crippen LogP contribution in [0.2, 0.25) is 0 Å². The van der Waals surface area contributed by atoms with Gasteiger partial charge in [0.1, 0.15) is 5.82 Å². The van der Waals surface area contributed by atoms with Gasteiger partial charge in [0.2, 0.25) is 0 Å². The maximum atomic E-state index is 13.7. The van der Waals surface area contributed by atoms with E-state index in [1.165, 1.54) is 6.07 Å². The normalized spacial score (nSPS) is 29.9. The molecule has 1 amide bonds. The van der Waals surface area contributed by atoms with Crippen LogP contribution in [0.25, 0.3) is 0 Å². The highest BCUT2D eigenvalue weighted by Crippen LogP contribution is 2.41. The number of nitrogens with one attached hydrogen (secondary N) is 2. The maximum Gasteiger partial charge on any atom is 0.254 e. The molecule has 2 aliphatic rings. The van der Waals surface area contributed by atoms with E-state index < -0.39 is 5.82 Å². The van der Waals surface area contributed by atoms with Crippen LogP contribution in [-0.2, 0) is 0 Å². The molecule has 0 aromatic heterocycles. The highest BCUT2D eigenvalue weighted by Gasteiger charge is 2.53. The fourth-order valence-electron chi connectivity index (χ4n) is 2.54. The molecule has 2 unspecified atom stereocenters. The molecule has 2 N–H and O–H groups in total. The minimum Gasteiger partial charge on any atom is -0.349 e. The van der Waals surface area contributed by atoms with Crippen molar-refractivity contribution in [3.05, 3.63) is 34.1 Å². The van der Waals surface area contributed by atoms with Gasteiger partial charge >= 0.3 is 0 Å². The van der Waals surface area contributed by atoms with Gasteiger partial charge in [-0.05, 0) is 39.9 Å². The molecule has 3 nitrogen and oxygen atoms in total. The molecular formula is C12H12BrFN2O. The van der Waals surface area contributed by atoms with Crippen molar-refractivity contribution < 1.29 is 9.18 Å². The number of rotatable bonds is 2. The van der Waals surface area contributed by atoms with Gasteiger partial charge in [0.25, 0.3) is 5.91 Å². The summed E-state index contributed by atoms with van der Waals surface area (Å²) in [5, 5.41) is 6.15. The van der Waals surface area contributed by atoms with Crippen LogP contribution in [0.4, 0.5) is 4.39 Å². The average Bonchev–Trinajstić information content (AvgIpc) is 2.76. The van der Waals surface area contributed by atoms with Crippen LogP contribution < -0.4 is 10.6 Å². The smallest absolute Gasteiger partial charge is 0.254 e. The Kier molecular flexibility index (Phi) is 2.67. The number of amides is 1. The van der Waals surface area contributed by atoms with Crippen molar-refractivity contribution in [3.63, 3.8) is 0 Å². The second-order valence-electron chi connectivity index (χ2n) is 4.59. The number of benzene rings is 1. The number of piperidine rings is 1. The van der Waals surface area contributed by atoms with E-state index in [0.717, 1.165) is 13.1 Å². The third-order valence-electron chi connectivity index (χ3n) is 3.59. The van der Waals surface area contributed by atoms with Crippen LogP contribution in [0.5, 0.6) is 0 Å². The van der Waals surface area contributed by atoms with E-state index in [9.17, 15) is 9.18 Å². The molecule has 0 spiro atoms. The van der Waals surface area contributed by atoms with E-state index in [0.29, 0.717) is 16.3 Å². The van der Waals surface area contributed by atoms with E-state index in [1.807, 2.05) is 0 Å². The minimum absolute atomic E-state index is 0.109. The molecule has 1 aliphatic heterocycles. The summed E-state index contributed by atoms with van der Waals surface area (Å²) in [6.07, 6.45) is 0. The van der Waals surface area contributed by atoms with Gasteiger partial charge in [0, 0.05) is 19.1 Å². The number of hydrogen-bond acceptors (Lipinski definition) is 2. The van der Waals surface area contributed by atoms with Crippen molar-refractivity contribution in [1.29, 1.82) is 0 Å². The summed E-state index contributed by atoms with van der Waals surface area (Å²) in [6.45, 7) is 1.91. The first-order chi connectivity index (χ1) is 8.18. The first-order valence-electron chi connectivity index (χ1n) is 5.64. The molecule has 0 radical (unpaired) electrons. The van der Waals surface area contributed by atoms with Gasteiger partial charge in [-0.15, -0.1) is 0 Å². The standard InChI is InChI=1S/C12H12BrFN2O/c13-9-3-1-2-6(10(9)14)12(17)16-11-7-4-15-5-8(7)11/h1-3,7-8,11,15H,4-5H2,(H,16,17). The zero-order chi connectivity index (χ0) is 12.0. The second-order valence-corrected chi connectivity index (χ2v) is 5.44. The summed E-state index contributed by atoms with van der Waals surface area (Å²) in [6, 6.07) is 4.98. The molecule has 2 fully saturated rings. The van der Waals surface area contributed by atoms with Crippen molar-refractivity contribution in [2.75, 3.05) is 13.1 Å². The van der Waals surface area contributed by atoms with Crippen molar-refractivity contribution in [3.8, 4) is 0 Å². The lowest BCUT2D eigenvalue weighted by Crippen LogP contribution is -2.33. The summed E-state index contributed by atoms with van der Waals surface area (Å²) in [4.78, 5) is 11.9. The van der Waals surface area contributed by atoms with Crippen LogP contribution in [0, 0.1) is 17.7 Å². The lowest BCUT2D eigenvalue weighted by Gasteiger charge is -2.08. The SMILES string of the molecule is O=C(NC1C2CNCC21)c1cccc(Br)c1F. The summed E-state index contributed by atoms with van der Waals surface area (Å²) in [5.41, 5.74) is 0.109. The highest BCUT2D eigenvalue weighted by atomic mass is 79.9. The first kappa shape index (κ1) is 11.2. The molecule has 1 aliphatic carbocycles. The minimum atomic E-state index is -0.492. The largest absolute Gasteiger partial charge is 0.349 e. The number of carbonyl (C=O) groups is 1. The van der Waals surface area contributed by atoms with Crippen LogP contribution >= 0.6 is 15.9 Å². The van der Waals surface area contributed by atoms with Crippen LogP contribution in [0.1, 0.15) is 10.4 Å². The fourth-order valence-corrected chi connectivity index (χ4v) is 2.91. The molecule has 2 atom stereocenters. The lowest BCUT2D eigenvalue weighted by molar-refractivity contribution is 0.0942. The summed E-state index contributed by atoms with van der Waals surface area (Å²) in [7, 11) is 0. The number of halogens is 2. The Balaban J connectivity index is 1.72. The predicted octanol–water partition coefficient (Wildman–Crippen LogP) is 1.54. The van der Waals surface area contributed by atoms with Gasteiger partial charge in [-0.2, -0.15) is 0 Å². The quantitative estimate of drug-likeness (QED) is 0.869. The second kappa shape index (κ2) is 4.07. The number of fused-ring (bicyclic) bond motifs is 1. The Morgan fingerprint density at radius 1 is 1.41 bits per heavy atom. The zero-order valence-corrected chi connectivity index (χ0v) is 10.6. The molecule has 1 aromatic carbocycles.